The van der Waals surface area contributed by atoms with E-state index in [1.54, 1.807) is 7.05 Å². The first-order chi connectivity index (χ1) is 8.04. The van der Waals surface area contributed by atoms with Crippen LogP contribution < -0.4 is 15.4 Å². The predicted octanol–water partition coefficient (Wildman–Crippen LogP) is 1.66. The number of likely N-dealkylation sites (N-methyl/N-ethyl adjacent to an activating group) is 1. The third-order valence-corrected chi connectivity index (χ3v) is 3.23. The number of carbonyl (C=O) groups excluding carboxylic acids is 1. The molecule has 0 aliphatic carbocycles. The van der Waals surface area contributed by atoms with Crippen LogP contribution in [0, 0.1) is 5.82 Å². The standard InChI is InChI=1S/C11H12BrFN2O2/c1-15-8-5-6(13)4-7(12)10(8)17-9(2-3-14)11(15)16/h4-5,9H,2-3,14H2,1H3. The average Bonchev–Trinajstić information content (AvgIpc) is 2.27. The SMILES string of the molecule is CN1C(=O)C(CCN)Oc2c(Br)cc(F)cc21. The Hall–Kier alpha value is -1.14. The Balaban J connectivity index is 2.45. The Morgan fingerprint density at radius 2 is 2.29 bits per heavy atom. The maximum absolute atomic E-state index is 13.3. The van der Waals surface area contributed by atoms with Gasteiger partial charge in [-0.05, 0) is 28.5 Å². The van der Waals surface area contributed by atoms with Gasteiger partial charge < -0.3 is 15.4 Å². The van der Waals surface area contributed by atoms with E-state index in [1.807, 2.05) is 0 Å². The summed E-state index contributed by atoms with van der Waals surface area (Å²) in [6.07, 6.45) is -0.161. The van der Waals surface area contributed by atoms with E-state index in [9.17, 15) is 9.18 Å². The summed E-state index contributed by atoms with van der Waals surface area (Å²) in [5, 5.41) is 0. The van der Waals surface area contributed by atoms with Crippen molar-refractivity contribution in [3.05, 3.63) is 22.4 Å². The fraction of sp³-hybridized carbons (Fsp3) is 0.364. The molecule has 0 saturated carbocycles. The summed E-state index contributed by atoms with van der Waals surface area (Å²) in [6, 6.07) is 2.58. The molecule has 1 atom stereocenters. The van der Waals surface area contributed by atoms with E-state index in [-0.39, 0.29) is 5.91 Å². The first kappa shape index (κ1) is 12.3. The topological polar surface area (TPSA) is 55.6 Å². The number of benzene rings is 1. The van der Waals surface area contributed by atoms with Gasteiger partial charge in [0.05, 0.1) is 10.2 Å². The predicted molar refractivity (Wildman–Crippen MR) is 65.6 cm³/mol. The minimum Gasteiger partial charge on any atom is -0.477 e. The lowest BCUT2D eigenvalue weighted by Crippen LogP contribution is -2.44. The van der Waals surface area contributed by atoms with Crippen molar-refractivity contribution in [2.75, 3.05) is 18.5 Å². The van der Waals surface area contributed by atoms with E-state index in [0.29, 0.717) is 28.9 Å². The van der Waals surface area contributed by atoms with Crippen molar-refractivity contribution in [3.8, 4) is 5.75 Å². The number of halogens is 2. The van der Waals surface area contributed by atoms with Gasteiger partial charge in [-0.1, -0.05) is 0 Å². The number of anilines is 1. The molecule has 1 unspecified atom stereocenters. The van der Waals surface area contributed by atoms with Crippen molar-refractivity contribution in [1.82, 2.24) is 0 Å². The minimum atomic E-state index is -0.598. The number of rotatable bonds is 2. The molecule has 1 aliphatic rings. The lowest BCUT2D eigenvalue weighted by molar-refractivity contribution is -0.126. The van der Waals surface area contributed by atoms with Crippen molar-refractivity contribution in [1.29, 1.82) is 0 Å². The Labute approximate surface area is 107 Å². The molecular weight excluding hydrogens is 291 g/mol. The zero-order chi connectivity index (χ0) is 12.6. The molecule has 1 aliphatic heterocycles. The van der Waals surface area contributed by atoms with Crippen molar-refractivity contribution < 1.29 is 13.9 Å². The number of carbonyl (C=O) groups is 1. The van der Waals surface area contributed by atoms with Crippen LogP contribution in [0.1, 0.15) is 6.42 Å². The molecule has 1 aromatic rings. The second kappa shape index (κ2) is 4.62. The van der Waals surface area contributed by atoms with Gasteiger partial charge in [-0.15, -0.1) is 0 Å². The zero-order valence-corrected chi connectivity index (χ0v) is 10.8. The third-order valence-electron chi connectivity index (χ3n) is 2.65. The number of hydrogen-bond donors (Lipinski definition) is 1. The van der Waals surface area contributed by atoms with E-state index < -0.39 is 11.9 Å². The van der Waals surface area contributed by atoms with Crippen LogP contribution in [-0.2, 0) is 4.79 Å². The minimum absolute atomic E-state index is 0.208. The number of nitrogens with two attached hydrogens (primary N) is 1. The summed E-state index contributed by atoms with van der Waals surface area (Å²) in [7, 11) is 1.60. The van der Waals surface area contributed by atoms with Gasteiger partial charge in [0.15, 0.2) is 11.9 Å². The summed E-state index contributed by atoms with van der Waals surface area (Å²) in [6.45, 7) is 0.360. The third kappa shape index (κ3) is 2.14. The summed E-state index contributed by atoms with van der Waals surface area (Å²) >= 11 is 3.22. The van der Waals surface area contributed by atoms with Crippen LogP contribution in [0.4, 0.5) is 10.1 Å². The number of nitrogens with zero attached hydrogens (tertiary/aromatic N) is 1. The molecule has 0 radical (unpaired) electrons. The molecular formula is C11H12BrFN2O2. The smallest absolute Gasteiger partial charge is 0.267 e. The number of ether oxygens (including phenoxy) is 1. The molecule has 17 heavy (non-hydrogen) atoms. The summed E-state index contributed by atoms with van der Waals surface area (Å²) in [5.41, 5.74) is 5.85. The first-order valence-electron chi connectivity index (χ1n) is 5.18. The molecule has 0 fully saturated rings. The van der Waals surface area contributed by atoms with E-state index in [2.05, 4.69) is 15.9 Å². The fourth-order valence-electron chi connectivity index (χ4n) is 1.77. The van der Waals surface area contributed by atoms with Gasteiger partial charge >= 0.3 is 0 Å². The van der Waals surface area contributed by atoms with Crippen LogP contribution in [0.5, 0.6) is 5.75 Å². The molecule has 2 rings (SSSR count). The van der Waals surface area contributed by atoms with Gasteiger partial charge in [-0.25, -0.2) is 4.39 Å². The fourth-order valence-corrected chi connectivity index (χ4v) is 2.29. The molecule has 0 spiro atoms. The van der Waals surface area contributed by atoms with E-state index in [1.165, 1.54) is 17.0 Å². The van der Waals surface area contributed by atoms with E-state index in [4.69, 9.17) is 10.5 Å². The van der Waals surface area contributed by atoms with Crippen LogP contribution in [0.3, 0.4) is 0 Å². The zero-order valence-electron chi connectivity index (χ0n) is 9.24. The van der Waals surface area contributed by atoms with Crippen molar-refractivity contribution >= 4 is 27.5 Å². The average molecular weight is 303 g/mol. The Bertz CT molecular complexity index is 467. The van der Waals surface area contributed by atoms with E-state index in [0.717, 1.165) is 0 Å². The van der Waals surface area contributed by atoms with Gasteiger partial charge in [0.1, 0.15) is 5.82 Å². The molecule has 1 amide bonds. The number of fused-ring (bicyclic) bond motifs is 1. The van der Waals surface area contributed by atoms with Crippen molar-refractivity contribution in [2.24, 2.45) is 5.73 Å². The van der Waals surface area contributed by atoms with E-state index >= 15 is 0 Å². The number of amides is 1. The number of hydrogen-bond acceptors (Lipinski definition) is 3. The maximum atomic E-state index is 13.3. The molecule has 0 saturated heterocycles. The Morgan fingerprint density at radius 3 is 2.94 bits per heavy atom. The highest BCUT2D eigenvalue weighted by atomic mass is 79.9. The van der Waals surface area contributed by atoms with Gasteiger partial charge in [0.25, 0.3) is 5.91 Å². The summed E-state index contributed by atoms with van der Waals surface area (Å²) in [4.78, 5) is 13.3. The van der Waals surface area contributed by atoms with Crippen LogP contribution in [0.2, 0.25) is 0 Å². The van der Waals surface area contributed by atoms with Gasteiger partial charge in [-0.2, -0.15) is 0 Å². The molecule has 92 valence electrons. The molecule has 2 N–H and O–H groups in total. The van der Waals surface area contributed by atoms with Crippen molar-refractivity contribution in [3.63, 3.8) is 0 Å². The molecule has 0 aromatic heterocycles. The van der Waals surface area contributed by atoms with Crippen LogP contribution >= 0.6 is 15.9 Å². The van der Waals surface area contributed by atoms with Gasteiger partial charge in [-0.3, -0.25) is 4.79 Å². The summed E-state index contributed by atoms with van der Waals surface area (Å²) in [5.74, 6) is -0.149. The first-order valence-corrected chi connectivity index (χ1v) is 5.97. The Kier molecular flexibility index (Phi) is 3.35. The largest absolute Gasteiger partial charge is 0.477 e. The van der Waals surface area contributed by atoms with Crippen LogP contribution in [-0.4, -0.2) is 25.6 Å². The van der Waals surface area contributed by atoms with Crippen molar-refractivity contribution in [2.45, 2.75) is 12.5 Å². The molecule has 1 aromatic carbocycles. The highest BCUT2D eigenvalue weighted by Crippen LogP contribution is 2.40. The monoisotopic (exact) mass is 302 g/mol. The lowest BCUT2D eigenvalue weighted by atomic mass is 10.1. The quantitative estimate of drug-likeness (QED) is 0.904. The molecule has 1 heterocycles. The maximum Gasteiger partial charge on any atom is 0.267 e. The molecule has 6 heteroatoms. The highest BCUT2D eigenvalue weighted by molar-refractivity contribution is 9.10. The second-order valence-electron chi connectivity index (χ2n) is 3.82. The highest BCUT2D eigenvalue weighted by Gasteiger charge is 2.33. The molecule has 0 bridgehead atoms. The second-order valence-corrected chi connectivity index (χ2v) is 4.67. The lowest BCUT2D eigenvalue weighted by Gasteiger charge is -2.32. The van der Waals surface area contributed by atoms with Crippen LogP contribution in [0.25, 0.3) is 0 Å². The normalized spacial score (nSPS) is 18.9. The van der Waals surface area contributed by atoms with Crippen LogP contribution in [0.15, 0.2) is 16.6 Å². The van der Waals surface area contributed by atoms with Gasteiger partial charge in [0.2, 0.25) is 0 Å². The summed E-state index contributed by atoms with van der Waals surface area (Å²) < 4.78 is 19.3. The Morgan fingerprint density at radius 1 is 1.59 bits per heavy atom. The molecule has 4 nitrogen and oxygen atoms in total. The van der Waals surface area contributed by atoms with Gasteiger partial charge in [0, 0.05) is 19.5 Å².